The zero-order valence-corrected chi connectivity index (χ0v) is 14.0. The highest BCUT2D eigenvalue weighted by Crippen LogP contribution is 2.31. The van der Waals surface area contributed by atoms with Gasteiger partial charge in [0, 0.05) is 5.39 Å². The van der Waals surface area contributed by atoms with Crippen LogP contribution < -0.4 is 5.32 Å². The van der Waals surface area contributed by atoms with Crippen molar-refractivity contribution in [3.05, 3.63) is 47.1 Å². The van der Waals surface area contributed by atoms with Gasteiger partial charge in [-0.05, 0) is 30.5 Å². The molecule has 1 N–H and O–H groups in total. The van der Waals surface area contributed by atoms with Crippen LogP contribution in [0.15, 0.2) is 47.1 Å². The van der Waals surface area contributed by atoms with Crippen molar-refractivity contribution in [1.82, 2.24) is 9.97 Å². The maximum absolute atomic E-state index is 12.3. The second kappa shape index (κ2) is 6.64. The normalized spacial score (nSPS) is 12.3. The van der Waals surface area contributed by atoms with Gasteiger partial charge in [-0.25, -0.2) is 9.97 Å². The molecular formula is C15H12ClN3OS2. The van der Waals surface area contributed by atoms with E-state index in [1.807, 2.05) is 30.5 Å². The molecular weight excluding hydrogens is 338 g/mol. The minimum Gasteiger partial charge on any atom is -0.324 e. The first kappa shape index (κ1) is 15.3. The number of hydrogen-bond acceptors (Lipinski definition) is 5. The Hall–Kier alpha value is -1.63. The Kier molecular flexibility index (Phi) is 4.61. The quantitative estimate of drug-likeness (QED) is 0.558. The molecule has 4 nitrogen and oxygen atoms in total. The molecule has 0 spiro atoms. The van der Waals surface area contributed by atoms with E-state index in [0.717, 1.165) is 15.2 Å². The Labute approximate surface area is 140 Å². The van der Waals surface area contributed by atoms with Crippen LogP contribution in [0, 0.1) is 0 Å². The van der Waals surface area contributed by atoms with Gasteiger partial charge in [0.05, 0.1) is 16.0 Å². The topological polar surface area (TPSA) is 54.9 Å². The molecule has 22 heavy (non-hydrogen) atoms. The lowest BCUT2D eigenvalue weighted by Gasteiger charge is -2.12. The third-order valence-electron chi connectivity index (χ3n) is 3.01. The number of fused-ring (bicyclic) bond motifs is 1. The molecule has 0 aliphatic heterocycles. The summed E-state index contributed by atoms with van der Waals surface area (Å²) in [7, 11) is 0. The molecule has 0 aliphatic rings. The van der Waals surface area contributed by atoms with Crippen LogP contribution in [0.4, 0.5) is 5.69 Å². The number of para-hydroxylation sites is 1. The molecule has 0 saturated carbocycles. The van der Waals surface area contributed by atoms with E-state index < -0.39 is 0 Å². The van der Waals surface area contributed by atoms with E-state index in [0.29, 0.717) is 10.7 Å². The van der Waals surface area contributed by atoms with Gasteiger partial charge in [0.1, 0.15) is 16.2 Å². The summed E-state index contributed by atoms with van der Waals surface area (Å²) in [4.78, 5) is 21.7. The fraction of sp³-hybridized carbons (Fsp3) is 0.133. The van der Waals surface area contributed by atoms with E-state index in [4.69, 9.17) is 11.6 Å². The largest absolute Gasteiger partial charge is 0.324 e. The fourth-order valence-electron chi connectivity index (χ4n) is 1.88. The second-order valence-electron chi connectivity index (χ2n) is 4.55. The van der Waals surface area contributed by atoms with Gasteiger partial charge in [-0.15, -0.1) is 11.3 Å². The number of amides is 1. The summed E-state index contributed by atoms with van der Waals surface area (Å²) in [5, 5.41) is 6.83. The Morgan fingerprint density at radius 2 is 2.14 bits per heavy atom. The lowest BCUT2D eigenvalue weighted by molar-refractivity contribution is -0.115. The predicted molar refractivity (Wildman–Crippen MR) is 92.8 cm³/mol. The minimum atomic E-state index is -0.297. The highest BCUT2D eigenvalue weighted by atomic mass is 35.5. The number of thiophene rings is 1. The Bertz CT molecular complexity index is 821. The van der Waals surface area contributed by atoms with Crippen LogP contribution in [0.3, 0.4) is 0 Å². The number of halogens is 1. The summed E-state index contributed by atoms with van der Waals surface area (Å²) in [5.74, 6) is -0.111. The van der Waals surface area contributed by atoms with Crippen molar-refractivity contribution in [2.45, 2.75) is 17.2 Å². The van der Waals surface area contributed by atoms with Gasteiger partial charge in [0.15, 0.2) is 0 Å². The monoisotopic (exact) mass is 349 g/mol. The van der Waals surface area contributed by atoms with Crippen molar-refractivity contribution >= 4 is 56.5 Å². The van der Waals surface area contributed by atoms with Crippen LogP contribution in [0.25, 0.3) is 10.2 Å². The average molecular weight is 350 g/mol. The molecule has 0 radical (unpaired) electrons. The maximum atomic E-state index is 12.3. The molecule has 1 aromatic carbocycles. The molecule has 0 bridgehead atoms. The smallest absolute Gasteiger partial charge is 0.237 e. The molecule has 7 heteroatoms. The fourth-order valence-corrected chi connectivity index (χ4v) is 3.76. The highest BCUT2D eigenvalue weighted by Gasteiger charge is 2.18. The van der Waals surface area contributed by atoms with Crippen LogP contribution in [0.2, 0.25) is 5.02 Å². The molecule has 3 rings (SSSR count). The van der Waals surface area contributed by atoms with Gasteiger partial charge < -0.3 is 5.32 Å². The van der Waals surface area contributed by atoms with Crippen molar-refractivity contribution in [2.24, 2.45) is 0 Å². The van der Waals surface area contributed by atoms with E-state index in [1.54, 1.807) is 23.5 Å². The van der Waals surface area contributed by atoms with Crippen molar-refractivity contribution in [2.75, 3.05) is 5.32 Å². The highest BCUT2D eigenvalue weighted by molar-refractivity contribution is 8.00. The van der Waals surface area contributed by atoms with Crippen molar-refractivity contribution in [1.29, 1.82) is 0 Å². The van der Waals surface area contributed by atoms with Crippen LogP contribution >= 0.6 is 34.7 Å². The number of nitrogens with zero attached hydrogens (tertiary/aromatic N) is 2. The number of carbonyl (C=O) groups excluding carboxylic acids is 1. The number of benzene rings is 1. The van der Waals surface area contributed by atoms with Gasteiger partial charge >= 0.3 is 0 Å². The predicted octanol–water partition coefficient (Wildman–Crippen LogP) is 4.46. The van der Waals surface area contributed by atoms with E-state index >= 15 is 0 Å². The molecule has 0 fully saturated rings. The van der Waals surface area contributed by atoms with Crippen molar-refractivity contribution in [3.8, 4) is 0 Å². The Morgan fingerprint density at radius 3 is 2.95 bits per heavy atom. The lowest BCUT2D eigenvalue weighted by atomic mass is 10.3. The Morgan fingerprint density at radius 1 is 1.32 bits per heavy atom. The SMILES string of the molecule is C[C@H](Sc1ncnc2sccc12)C(=O)Nc1ccccc1Cl. The molecule has 0 unspecified atom stereocenters. The number of nitrogens with one attached hydrogen (secondary N) is 1. The summed E-state index contributed by atoms with van der Waals surface area (Å²) < 4.78 is 0. The molecule has 0 saturated heterocycles. The second-order valence-corrected chi connectivity index (χ2v) is 7.18. The van der Waals surface area contributed by atoms with Crippen LogP contribution in [-0.4, -0.2) is 21.1 Å². The summed E-state index contributed by atoms with van der Waals surface area (Å²) in [6.07, 6.45) is 1.53. The zero-order valence-electron chi connectivity index (χ0n) is 11.6. The molecule has 1 atom stereocenters. The molecule has 2 aromatic heterocycles. The molecule has 1 amide bonds. The van der Waals surface area contributed by atoms with E-state index in [-0.39, 0.29) is 11.2 Å². The number of thioether (sulfide) groups is 1. The first-order chi connectivity index (χ1) is 10.6. The van der Waals surface area contributed by atoms with Gasteiger partial charge in [-0.2, -0.15) is 0 Å². The number of carbonyl (C=O) groups is 1. The average Bonchev–Trinajstić information content (AvgIpc) is 2.99. The first-order valence-electron chi connectivity index (χ1n) is 6.55. The van der Waals surface area contributed by atoms with E-state index in [9.17, 15) is 4.79 Å². The lowest BCUT2D eigenvalue weighted by Crippen LogP contribution is -2.22. The van der Waals surface area contributed by atoms with Gasteiger partial charge in [0.2, 0.25) is 5.91 Å². The standard InChI is InChI=1S/C15H12ClN3OS2/c1-9(13(20)19-12-5-3-2-4-11(12)16)22-15-10-6-7-21-14(10)17-8-18-15/h2-9H,1H3,(H,19,20)/t9-/m0/s1. The number of rotatable bonds is 4. The van der Waals surface area contributed by atoms with E-state index in [1.165, 1.54) is 18.1 Å². The molecule has 112 valence electrons. The summed E-state index contributed by atoms with van der Waals surface area (Å²) >= 11 is 9.03. The first-order valence-corrected chi connectivity index (χ1v) is 8.69. The van der Waals surface area contributed by atoms with E-state index in [2.05, 4.69) is 15.3 Å². The van der Waals surface area contributed by atoms with Crippen LogP contribution in [0.1, 0.15) is 6.92 Å². The summed E-state index contributed by atoms with van der Waals surface area (Å²) in [5.41, 5.74) is 0.616. The third kappa shape index (κ3) is 3.24. The van der Waals surface area contributed by atoms with Crippen LogP contribution in [-0.2, 0) is 4.79 Å². The number of aromatic nitrogens is 2. The Balaban J connectivity index is 1.74. The van der Waals surface area contributed by atoms with Crippen molar-refractivity contribution in [3.63, 3.8) is 0 Å². The summed E-state index contributed by atoms with van der Waals surface area (Å²) in [6.45, 7) is 1.84. The maximum Gasteiger partial charge on any atom is 0.237 e. The number of anilines is 1. The van der Waals surface area contributed by atoms with Gasteiger partial charge in [0.25, 0.3) is 0 Å². The van der Waals surface area contributed by atoms with Gasteiger partial charge in [-0.1, -0.05) is 35.5 Å². The molecule has 0 aliphatic carbocycles. The molecule has 3 aromatic rings. The zero-order chi connectivity index (χ0) is 15.5. The minimum absolute atomic E-state index is 0.111. The molecule has 2 heterocycles. The van der Waals surface area contributed by atoms with Gasteiger partial charge in [-0.3, -0.25) is 4.79 Å². The third-order valence-corrected chi connectivity index (χ3v) is 5.28. The van der Waals surface area contributed by atoms with Crippen molar-refractivity contribution < 1.29 is 4.79 Å². The van der Waals surface area contributed by atoms with Crippen LogP contribution in [0.5, 0.6) is 0 Å². The number of hydrogen-bond donors (Lipinski definition) is 1. The summed E-state index contributed by atoms with van der Waals surface area (Å²) in [6, 6.07) is 9.15.